The van der Waals surface area contributed by atoms with E-state index in [0.29, 0.717) is 5.92 Å². The van der Waals surface area contributed by atoms with Crippen LogP contribution in [0, 0.1) is 0 Å². The lowest BCUT2D eigenvalue weighted by atomic mass is 10.1. The summed E-state index contributed by atoms with van der Waals surface area (Å²) in [5.74, 6) is 1.29. The second-order valence-corrected chi connectivity index (χ2v) is 5.38. The Hall–Kier alpha value is -1.42. The minimum absolute atomic E-state index is 0.418. The molecule has 0 saturated carbocycles. The number of nitrogens with zero attached hydrogens (tertiary/aromatic N) is 2. The Bertz CT molecular complexity index is 509. The van der Waals surface area contributed by atoms with Crippen LogP contribution >= 0.6 is 15.9 Å². The Kier molecular flexibility index (Phi) is 4.31. The molecule has 94 valence electrons. The van der Waals surface area contributed by atoms with Crippen molar-refractivity contribution in [3.8, 4) is 0 Å². The van der Waals surface area contributed by atoms with Crippen molar-refractivity contribution in [2.45, 2.75) is 26.3 Å². The highest BCUT2D eigenvalue weighted by Crippen LogP contribution is 2.15. The highest BCUT2D eigenvalue weighted by Gasteiger charge is 2.02. The van der Waals surface area contributed by atoms with Crippen LogP contribution in [0.2, 0.25) is 0 Å². The molecule has 3 nitrogen and oxygen atoms in total. The molecule has 0 atom stereocenters. The number of hydrogen-bond acceptors (Lipinski definition) is 3. The first-order chi connectivity index (χ1) is 8.65. The van der Waals surface area contributed by atoms with Crippen LogP contribution in [0.3, 0.4) is 0 Å². The van der Waals surface area contributed by atoms with Gasteiger partial charge in [-0.05, 0) is 23.6 Å². The molecule has 1 heterocycles. The van der Waals surface area contributed by atoms with Gasteiger partial charge in [0.1, 0.15) is 12.1 Å². The summed E-state index contributed by atoms with van der Waals surface area (Å²) in [6.07, 6.45) is 1.61. The second-order valence-electron chi connectivity index (χ2n) is 4.46. The van der Waals surface area contributed by atoms with Gasteiger partial charge in [-0.3, -0.25) is 0 Å². The maximum Gasteiger partial charge on any atom is 0.129 e. The second kappa shape index (κ2) is 5.96. The summed E-state index contributed by atoms with van der Waals surface area (Å²) in [6.45, 7) is 5.02. The fraction of sp³-hybridized carbons (Fsp3) is 0.286. The van der Waals surface area contributed by atoms with E-state index in [1.54, 1.807) is 6.33 Å². The van der Waals surface area contributed by atoms with Crippen LogP contribution < -0.4 is 5.32 Å². The molecule has 1 N–H and O–H groups in total. The van der Waals surface area contributed by atoms with E-state index >= 15 is 0 Å². The molecule has 0 amide bonds. The fourth-order valence-corrected chi connectivity index (χ4v) is 1.84. The van der Waals surface area contributed by atoms with Crippen molar-refractivity contribution in [3.05, 3.63) is 52.4 Å². The van der Waals surface area contributed by atoms with Crippen molar-refractivity contribution in [1.82, 2.24) is 9.97 Å². The van der Waals surface area contributed by atoms with E-state index in [4.69, 9.17) is 0 Å². The number of rotatable bonds is 4. The van der Waals surface area contributed by atoms with Crippen LogP contribution in [0.25, 0.3) is 0 Å². The van der Waals surface area contributed by atoms with Crippen molar-refractivity contribution >= 4 is 21.7 Å². The molecule has 4 heteroatoms. The van der Waals surface area contributed by atoms with Crippen LogP contribution in [0.1, 0.15) is 31.0 Å². The molecule has 0 saturated heterocycles. The highest BCUT2D eigenvalue weighted by molar-refractivity contribution is 9.10. The van der Waals surface area contributed by atoms with Gasteiger partial charge in [0, 0.05) is 22.8 Å². The van der Waals surface area contributed by atoms with Gasteiger partial charge in [-0.15, -0.1) is 0 Å². The number of aromatic nitrogens is 2. The predicted octanol–water partition coefficient (Wildman–Crippen LogP) is 3.97. The number of benzene rings is 1. The van der Waals surface area contributed by atoms with E-state index in [2.05, 4.69) is 57.2 Å². The summed E-state index contributed by atoms with van der Waals surface area (Å²) in [7, 11) is 0. The number of hydrogen-bond donors (Lipinski definition) is 1. The van der Waals surface area contributed by atoms with Gasteiger partial charge in [0.2, 0.25) is 0 Å². The molecule has 0 bridgehead atoms. The van der Waals surface area contributed by atoms with Gasteiger partial charge in [0.25, 0.3) is 0 Å². The summed E-state index contributed by atoms with van der Waals surface area (Å²) in [6, 6.07) is 10.2. The predicted molar refractivity (Wildman–Crippen MR) is 77.6 cm³/mol. The quantitative estimate of drug-likeness (QED) is 0.928. The van der Waals surface area contributed by atoms with Crippen molar-refractivity contribution in [1.29, 1.82) is 0 Å². The van der Waals surface area contributed by atoms with Gasteiger partial charge >= 0.3 is 0 Å². The molecule has 1 aromatic heterocycles. The summed E-state index contributed by atoms with van der Waals surface area (Å²) in [5.41, 5.74) is 2.28. The summed E-state index contributed by atoms with van der Waals surface area (Å²) >= 11 is 3.43. The first kappa shape index (κ1) is 13.0. The third kappa shape index (κ3) is 3.53. The smallest absolute Gasteiger partial charge is 0.129 e. The van der Waals surface area contributed by atoms with E-state index in [0.717, 1.165) is 22.5 Å². The minimum Gasteiger partial charge on any atom is -0.366 e. The van der Waals surface area contributed by atoms with E-state index in [-0.39, 0.29) is 0 Å². The fourth-order valence-electron chi connectivity index (χ4n) is 1.58. The normalized spacial score (nSPS) is 10.7. The molecule has 0 aliphatic heterocycles. The van der Waals surface area contributed by atoms with E-state index in [9.17, 15) is 0 Å². The Labute approximate surface area is 116 Å². The van der Waals surface area contributed by atoms with Crippen LogP contribution in [0.15, 0.2) is 41.1 Å². The van der Waals surface area contributed by atoms with Gasteiger partial charge in [0.15, 0.2) is 0 Å². The lowest BCUT2D eigenvalue weighted by molar-refractivity contribution is 0.814. The third-order valence-corrected chi connectivity index (χ3v) is 3.20. The standard InChI is InChI=1S/C14H16BrN3/c1-10(2)13-7-14(18-9-17-13)16-8-11-3-5-12(15)6-4-11/h3-7,9-10H,8H2,1-2H3,(H,16,17,18). The molecule has 0 aliphatic rings. The average molecular weight is 306 g/mol. The Morgan fingerprint density at radius 1 is 1.17 bits per heavy atom. The van der Waals surface area contributed by atoms with Crippen molar-refractivity contribution < 1.29 is 0 Å². The molecule has 0 unspecified atom stereocenters. The maximum atomic E-state index is 4.25. The molecule has 0 aliphatic carbocycles. The first-order valence-corrected chi connectivity index (χ1v) is 6.74. The van der Waals surface area contributed by atoms with Crippen LogP contribution in [-0.4, -0.2) is 9.97 Å². The molecular formula is C14H16BrN3. The molecule has 18 heavy (non-hydrogen) atoms. The largest absolute Gasteiger partial charge is 0.366 e. The number of halogens is 1. The molecule has 1 aromatic carbocycles. The summed E-state index contributed by atoms with van der Waals surface area (Å²) < 4.78 is 1.09. The molecule has 0 spiro atoms. The van der Waals surface area contributed by atoms with Gasteiger partial charge in [-0.2, -0.15) is 0 Å². The summed E-state index contributed by atoms with van der Waals surface area (Å²) in [5, 5.41) is 3.31. The summed E-state index contributed by atoms with van der Waals surface area (Å²) in [4.78, 5) is 8.47. The molecule has 0 radical (unpaired) electrons. The minimum atomic E-state index is 0.418. The maximum absolute atomic E-state index is 4.25. The topological polar surface area (TPSA) is 37.8 Å². The zero-order valence-corrected chi connectivity index (χ0v) is 12.1. The average Bonchev–Trinajstić information content (AvgIpc) is 2.38. The number of anilines is 1. The van der Waals surface area contributed by atoms with Gasteiger partial charge in [0.05, 0.1) is 0 Å². The van der Waals surface area contributed by atoms with Crippen molar-refractivity contribution in [2.75, 3.05) is 5.32 Å². The monoisotopic (exact) mass is 305 g/mol. The van der Waals surface area contributed by atoms with E-state index in [1.165, 1.54) is 5.56 Å². The highest BCUT2D eigenvalue weighted by atomic mass is 79.9. The zero-order chi connectivity index (χ0) is 13.0. The Morgan fingerprint density at radius 3 is 2.56 bits per heavy atom. The Balaban J connectivity index is 2.01. The lowest BCUT2D eigenvalue weighted by Crippen LogP contribution is -2.03. The van der Waals surface area contributed by atoms with Crippen LogP contribution in [0.4, 0.5) is 5.82 Å². The van der Waals surface area contributed by atoms with Gasteiger partial charge < -0.3 is 5.32 Å². The SMILES string of the molecule is CC(C)c1cc(NCc2ccc(Br)cc2)ncn1. The molecule has 2 aromatic rings. The van der Waals surface area contributed by atoms with Crippen molar-refractivity contribution in [3.63, 3.8) is 0 Å². The third-order valence-electron chi connectivity index (χ3n) is 2.67. The van der Waals surface area contributed by atoms with Gasteiger partial charge in [-0.25, -0.2) is 9.97 Å². The number of nitrogens with one attached hydrogen (secondary N) is 1. The zero-order valence-electron chi connectivity index (χ0n) is 10.5. The Morgan fingerprint density at radius 2 is 1.89 bits per heavy atom. The van der Waals surface area contributed by atoms with Crippen molar-refractivity contribution in [2.24, 2.45) is 0 Å². The molecule has 2 rings (SSSR count). The van der Waals surface area contributed by atoms with Crippen LogP contribution in [0.5, 0.6) is 0 Å². The van der Waals surface area contributed by atoms with E-state index in [1.807, 2.05) is 18.2 Å². The van der Waals surface area contributed by atoms with Gasteiger partial charge in [-0.1, -0.05) is 41.9 Å². The molecule has 0 fully saturated rings. The lowest BCUT2D eigenvalue weighted by Gasteiger charge is -2.08. The van der Waals surface area contributed by atoms with E-state index < -0.39 is 0 Å². The van der Waals surface area contributed by atoms with Crippen LogP contribution in [-0.2, 0) is 6.54 Å². The molecular weight excluding hydrogens is 290 g/mol. The first-order valence-electron chi connectivity index (χ1n) is 5.95.